The second kappa shape index (κ2) is 7.16. The maximum absolute atomic E-state index is 12.1. The van der Waals surface area contributed by atoms with E-state index in [0.717, 1.165) is 11.1 Å². The molecular weight excluding hydrogens is 310 g/mol. The largest absolute Gasteiger partial charge is 0.481 e. The first-order chi connectivity index (χ1) is 11.3. The van der Waals surface area contributed by atoms with Crippen LogP contribution in [-0.2, 0) is 4.79 Å². The summed E-state index contributed by atoms with van der Waals surface area (Å²) in [7, 11) is 0. The van der Waals surface area contributed by atoms with Crippen LogP contribution in [0.2, 0.25) is 0 Å². The fourth-order valence-electron chi connectivity index (χ4n) is 2.19. The minimum absolute atomic E-state index is 0.304. The highest BCUT2D eigenvalue weighted by Gasteiger charge is 2.20. The van der Waals surface area contributed by atoms with E-state index in [1.54, 1.807) is 26.8 Å². The van der Waals surface area contributed by atoms with Gasteiger partial charge in [0.2, 0.25) is 0 Å². The Morgan fingerprint density at radius 1 is 1.17 bits per heavy atom. The van der Waals surface area contributed by atoms with Gasteiger partial charge in [0.05, 0.1) is 5.69 Å². The Labute approximate surface area is 140 Å². The summed E-state index contributed by atoms with van der Waals surface area (Å²) < 4.78 is 10.6. The average Bonchev–Trinajstić information content (AvgIpc) is 2.88. The summed E-state index contributed by atoms with van der Waals surface area (Å²) in [6, 6.07) is 5.63. The van der Waals surface area contributed by atoms with Gasteiger partial charge in [-0.25, -0.2) is 0 Å². The van der Waals surface area contributed by atoms with Crippen LogP contribution in [-0.4, -0.2) is 23.1 Å². The topological polar surface area (TPSA) is 93.5 Å². The van der Waals surface area contributed by atoms with Gasteiger partial charge in [0.25, 0.3) is 11.8 Å². The zero-order valence-corrected chi connectivity index (χ0v) is 14.4. The lowest BCUT2D eigenvalue weighted by atomic mass is 10.1. The molecule has 0 spiro atoms. The van der Waals surface area contributed by atoms with Crippen molar-refractivity contribution in [1.29, 1.82) is 0 Å². The molecule has 0 aliphatic carbocycles. The molecule has 0 aliphatic rings. The van der Waals surface area contributed by atoms with Crippen molar-refractivity contribution in [3.8, 4) is 5.75 Å². The minimum Gasteiger partial charge on any atom is -0.481 e. The second-order valence-electron chi connectivity index (χ2n) is 5.60. The van der Waals surface area contributed by atoms with Gasteiger partial charge in [-0.15, -0.1) is 0 Å². The molecule has 2 amide bonds. The Morgan fingerprint density at radius 2 is 1.88 bits per heavy atom. The molecule has 1 aromatic heterocycles. The fraction of sp³-hybridized carbons (Fsp3) is 0.353. The Hall–Kier alpha value is -2.83. The summed E-state index contributed by atoms with van der Waals surface area (Å²) in [5, 5.41) is 3.70. The van der Waals surface area contributed by atoms with Gasteiger partial charge in [-0.1, -0.05) is 17.3 Å². The van der Waals surface area contributed by atoms with Gasteiger partial charge in [0.1, 0.15) is 17.1 Å². The fourth-order valence-corrected chi connectivity index (χ4v) is 2.19. The van der Waals surface area contributed by atoms with E-state index >= 15 is 0 Å². The highest BCUT2D eigenvalue weighted by molar-refractivity contribution is 5.97. The van der Waals surface area contributed by atoms with Gasteiger partial charge < -0.3 is 9.26 Å². The molecule has 0 radical (unpaired) electrons. The van der Waals surface area contributed by atoms with E-state index in [1.165, 1.54) is 0 Å². The molecule has 1 aromatic carbocycles. The molecular formula is C17H21N3O4. The van der Waals surface area contributed by atoms with Crippen molar-refractivity contribution >= 4 is 11.8 Å². The molecule has 2 N–H and O–H groups in total. The molecule has 1 atom stereocenters. The van der Waals surface area contributed by atoms with Gasteiger partial charge in [-0.2, -0.15) is 0 Å². The number of aromatic nitrogens is 1. The maximum atomic E-state index is 12.1. The summed E-state index contributed by atoms with van der Waals surface area (Å²) in [6.45, 7) is 8.78. The molecule has 0 saturated carbocycles. The number of rotatable bonds is 4. The third-order valence-corrected chi connectivity index (χ3v) is 3.79. The molecule has 0 saturated heterocycles. The van der Waals surface area contributed by atoms with E-state index in [0.29, 0.717) is 22.8 Å². The van der Waals surface area contributed by atoms with Crippen molar-refractivity contribution in [3.63, 3.8) is 0 Å². The lowest BCUT2D eigenvalue weighted by Gasteiger charge is -2.17. The number of ether oxygens (including phenoxy) is 1. The molecule has 7 nitrogen and oxygen atoms in total. The first-order valence-corrected chi connectivity index (χ1v) is 7.57. The van der Waals surface area contributed by atoms with Gasteiger partial charge >= 0.3 is 0 Å². The van der Waals surface area contributed by atoms with Crippen LogP contribution in [0.15, 0.2) is 22.7 Å². The normalized spacial score (nSPS) is 11.7. The number of benzene rings is 1. The van der Waals surface area contributed by atoms with Crippen molar-refractivity contribution in [2.45, 2.75) is 40.7 Å². The Kier molecular flexibility index (Phi) is 5.23. The highest BCUT2D eigenvalue weighted by atomic mass is 16.5. The Morgan fingerprint density at radius 3 is 2.50 bits per heavy atom. The number of hydrogen-bond donors (Lipinski definition) is 2. The van der Waals surface area contributed by atoms with E-state index in [4.69, 9.17) is 9.26 Å². The van der Waals surface area contributed by atoms with Crippen LogP contribution in [0, 0.1) is 27.7 Å². The quantitative estimate of drug-likeness (QED) is 0.837. The second-order valence-corrected chi connectivity index (χ2v) is 5.60. The SMILES string of the molecule is Cc1cccc(OC(C)C(=O)NNC(=O)c2c(C)noc2C)c1C. The van der Waals surface area contributed by atoms with Crippen LogP contribution in [0.4, 0.5) is 0 Å². The summed E-state index contributed by atoms with van der Waals surface area (Å²) in [5.41, 5.74) is 7.49. The number of nitrogens with one attached hydrogen (secondary N) is 2. The van der Waals surface area contributed by atoms with Gasteiger partial charge in [-0.05, 0) is 51.8 Å². The Bertz CT molecular complexity index is 748. The maximum Gasteiger partial charge on any atom is 0.279 e. The average molecular weight is 331 g/mol. The number of carbonyl (C=O) groups is 2. The molecule has 128 valence electrons. The standard InChI is InChI=1S/C17H21N3O4/c1-9-7-6-8-14(10(9)2)23-13(5)16(21)18-19-17(22)15-11(3)20-24-12(15)4/h6-8,13H,1-5H3,(H,18,21)(H,19,22). The van der Waals surface area contributed by atoms with Crippen LogP contribution in [0.25, 0.3) is 0 Å². The zero-order valence-electron chi connectivity index (χ0n) is 14.4. The Balaban J connectivity index is 1.95. The zero-order chi connectivity index (χ0) is 17.9. The summed E-state index contributed by atoms with van der Waals surface area (Å²) in [5.74, 6) is 0.0724. The third kappa shape index (κ3) is 3.73. The monoisotopic (exact) mass is 331 g/mol. The number of amides is 2. The number of hydrogen-bond acceptors (Lipinski definition) is 5. The molecule has 0 aliphatic heterocycles. The molecule has 0 fully saturated rings. The smallest absolute Gasteiger partial charge is 0.279 e. The predicted molar refractivity (Wildman–Crippen MR) is 87.6 cm³/mol. The van der Waals surface area contributed by atoms with Gasteiger partial charge in [-0.3, -0.25) is 20.4 Å². The molecule has 1 heterocycles. The van der Waals surface area contributed by atoms with Crippen molar-refractivity contribution in [2.24, 2.45) is 0 Å². The van der Waals surface area contributed by atoms with Gasteiger partial charge in [0, 0.05) is 0 Å². The van der Waals surface area contributed by atoms with Crippen LogP contribution >= 0.6 is 0 Å². The number of aryl methyl sites for hydroxylation is 3. The predicted octanol–water partition coefficient (Wildman–Crippen LogP) is 2.14. The molecule has 2 aromatic rings. The minimum atomic E-state index is -0.768. The summed E-state index contributed by atoms with van der Waals surface area (Å²) in [6.07, 6.45) is -0.768. The van der Waals surface area contributed by atoms with Crippen LogP contribution < -0.4 is 15.6 Å². The summed E-state index contributed by atoms with van der Waals surface area (Å²) in [4.78, 5) is 24.2. The first kappa shape index (κ1) is 17.5. The molecule has 7 heteroatoms. The van der Waals surface area contributed by atoms with E-state index in [-0.39, 0.29) is 0 Å². The van der Waals surface area contributed by atoms with E-state index in [9.17, 15) is 9.59 Å². The summed E-state index contributed by atoms with van der Waals surface area (Å²) >= 11 is 0. The lowest BCUT2D eigenvalue weighted by molar-refractivity contribution is -0.128. The molecule has 0 bridgehead atoms. The van der Waals surface area contributed by atoms with Crippen LogP contribution in [0.1, 0.15) is 39.9 Å². The van der Waals surface area contributed by atoms with Crippen molar-refractivity contribution in [3.05, 3.63) is 46.3 Å². The molecule has 1 unspecified atom stereocenters. The van der Waals surface area contributed by atoms with Gasteiger partial charge in [0.15, 0.2) is 6.10 Å². The molecule has 24 heavy (non-hydrogen) atoms. The van der Waals surface area contributed by atoms with Crippen LogP contribution in [0.5, 0.6) is 5.75 Å². The lowest BCUT2D eigenvalue weighted by Crippen LogP contribution is -2.47. The third-order valence-electron chi connectivity index (χ3n) is 3.79. The van der Waals surface area contributed by atoms with Crippen molar-refractivity contribution < 1.29 is 18.8 Å². The molecule has 2 rings (SSSR count). The van der Waals surface area contributed by atoms with E-state index in [2.05, 4.69) is 16.0 Å². The van der Waals surface area contributed by atoms with E-state index in [1.807, 2.05) is 26.0 Å². The number of carbonyl (C=O) groups excluding carboxylic acids is 2. The number of nitrogens with zero attached hydrogens (tertiary/aromatic N) is 1. The van der Waals surface area contributed by atoms with E-state index < -0.39 is 17.9 Å². The number of hydrazine groups is 1. The first-order valence-electron chi connectivity index (χ1n) is 7.57. The highest BCUT2D eigenvalue weighted by Crippen LogP contribution is 2.21. The van der Waals surface area contributed by atoms with Crippen molar-refractivity contribution in [2.75, 3.05) is 0 Å². The van der Waals surface area contributed by atoms with Crippen molar-refractivity contribution in [1.82, 2.24) is 16.0 Å². The van der Waals surface area contributed by atoms with Crippen LogP contribution in [0.3, 0.4) is 0 Å².